The van der Waals surface area contributed by atoms with E-state index in [1.807, 2.05) is 12.1 Å². The molecule has 2 heterocycles. The molecule has 0 saturated heterocycles. The zero-order valence-corrected chi connectivity index (χ0v) is 16.7. The Morgan fingerprint density at radius 3 is 2.59 bits per heavy atom. The summed E-state index contributed by atoms with van der Waals surface area (Å²) in [5.74, 6) is 0.264. The van der Waals surface area contributed by atoms with Gasteiger partial charge in [0.15, 0.2) is 0 Å². The maximum atomic E-state index is 12.4. The van der Waals surface area contributed by atoms with Gasteiger partial charge in [-0.3, -0.25) is 14.5 Å². The van der Waals surface area contributed by atoms with Gasteiger partial charge in [0.2, 0.25) is 17.7 Å². The number of nitrogens with zero attached hydrogens (tertiary/aromatic N) is 3. The fraction of sp³-hybridized carbons (Fsp3) is 0.143. The molecule has 0 aliphatic rings. The summed E-state index contributed by atoms with van der Waals surface area (Å²) in [4.78, 5) is 34.4. The third-order valence-electron chi connectivity index (χ3n) is 4.07. The van der Waals surface area contributed by atoms with E-state index in [9.17, 15) is 9.59 Å². The summed E-state index contributed by atoms with van der Waals surface area (Å²) < 4.78 is 5.13. The molecule has 3 rings (SSSR count). The first-order valence-corrected chi connectivity index (χ1v) is 9.16. The summed E-state index contributed by atoms with van der Waals surface area (Å²) in [5.41, 5.74) is 1.80. The van der Waals surface area contributed by atoms with Crippen molar-refractivity contribution in [1.29, 1.82) is 0 Å². The van der Waals surface area contributed by atoms with Crippen molar-refractivity contribution in [2.75, 3.05) is 17.3 Å². The number of hydrogen-bond donors (Lipinski definition) is 1. The number of benzene rings is 1. The van der Waals surface area contributed by atoms with Crippen LogP contribution >= 0.6 is 11.6 Å². The summed E-state index contributed by atoms with van der Waals surface area (Å²) in [6.45, 7) is 1.43. The SMILES string of the molecule is COc1cc(N(C(C)=O)c2cc(NC(=O)Cc3ccccc3Cl)ccn2)ccn1. The monoisotopic (exact) mass is 410 g/mol. The topological polar surface area (TPSA) is 84.4 Å². The first-order chi connectivity index (χ1) is 14.0. The molecule has 7 nitrogen and oxygen atoms in total. The normalized spacial score (nSPS) is 10.3. The molecule has 0 unspecified atom stereocenters. The molecule has 2 aromatic heterocycles. The molecule has 0 bridgehead atoms. The molecule has 0 aliphatic carbocycles. The number of pyridine rings is 2. The van der Waals surface area contributed by atoms with Crippen LogP contribution in [0.1, 0.15) is 12.5 Å². The predicted molar refractivity (Wildman–Crippen MR) is 112 cm³/mol. The summed E-state index contributed by atoms with van der Waals surface area (Å²) in [6, 6.07) is 13.8. The van der Waals surface area contributed by atoms with Crippen LogP contribution < -0.4 is 15.0 Å². The molecule has 0 atom stereocenters. The van der Waals surface area contributed by atoms with Crippen LogP contribution in [0.2, 0.25) is 5.02 Å². The second kappa shape index (κ2) is 9.16. The lowest BCUT2D eigenvalue weighted by Gasteiger charge is -2.21. The van der Waals surface area contributed by atoms with E-state index in [-0.39, 0.29) is 18.2 Å². The van der Waals surface area contributed by atoms with E-state index in [0.29, 0.717) is 28.1 Å². The van der Waals surface area contributed by atoms with Crippen molar-refractivity contribution in [2.24, 2.45) is 0 Å². The highest BCUT2D eigenvalue weighted by atomic mass is 35.5. The van der Waals surface area contributed by atoms with Crippen molar-refractivity contribution in [3.05, 3.63) is 71.5 Å². The number of nitrogens with one attached hydrogen (secondary N) is 1. The average Bonchev–Trinajstić information content (AvgIpc) is 2.70. The van der Waals surface area contributed by atoms with Crippen molar-refractivity contribution >= 4 is 40.6 Å². The molecule has 1 aromatic carbocycles. The van der Waals surface area contributed by atoms with Gasteiger partial charge in [0, 0.05) is 42.2 Å². The van der Waals surface area contributed by atoms with Gasteiger partial charge in [0.25, 0.3) is 0 Å². The Labute approximate surface area is 173 Å². The van der Waals surface area contributed by atoms with E-state index in [1.165, 1.54) is 25.1 Å². The number of hydrogen-bond acceptors (Lipinski definition) is 5. The molecule has 3 aromatic rings. The molecule has 148 valence electrons. The van der Waals surface area contributed by atoms with Gasteiger partial charge < -0.3 is 10.1 Å². The largest absolute Gasteiger partial charge is 0.481 e. The smallest absolute Gasteiger partial charge is 0.229 e. The highest BCUT2D eigenvalue weighted by molar-refractivity contribution is 6.31. The van der Waals surface area contributed by atoms with E-state index >= 15 is 0 Å². The van der Waals surface area contributed by atoms with Crippen LogP contribution in [0.25, 0.3) is 0 Å². The standard InChI is InChI=1S/C21H19ClN4O3/c1-14(27)26(17-8-10-24-21(13-17)29-2)19-12-16(7-9-23-19)25-20(28)11-15-5-3-4-6-18(15)22/h3-10,12-13H,11H2,1-2H3,(H,23,25,28). The first kappa shape index (κ1) is 20.3. The minimum Gasteiger partial charge on any atom is -0.481 e. The predicted octanol–water partition coefficient (Wildman–Crippen LogP) is 4.00. The Balaban J connectivity index is 1.82. The second-order valence-electron chi connectivity index (χ2n) is 6.13. The van der Waals surface area contributed by atoms with Crippen molar-refractivity contribution in [2.45, 2.75) is 13.3 Å². The lowest BCUT2D eigenvalue weighted by molar-refractivity contribution is -0.116. The van der Waals surface area contributed by atoms with Crippen molar-refractivity contribution in [1.82, 2.24) is 9.97 Å². The number of methoxy groups -OCH3 is 1. The van der Waals surface area contributed by atoms with E-state index in [1.54, 1.807) is 42.6 Å². The molecule has 1 N–H and O–H groups in total. The fourth-order valence-electron chi connectivity index (χ4n) is 2.76. The number of ether oxygens (including phenoxy) is 1. The molecular weight excluding hydrogens is 392 g/mol. The maximum absolute atomic E-state index is 12.4. The molecule has 0 aliphatic heterocycles. The zero-order valence-electron chi connectivity index (χ0n) is 15.9. The molecule has 0 fully saturated rings. The lowest BCUT2D eigenvalue weighted by Crippen LogP contribution is -2.24. The molecule has 0 spiro atoms. The van der Waals surface area contributed by atoms with Crippen LogP contribution in [0.4, 0.5) is 17.2 Å². The molecule has 0 radical (unpaired) electrons. The Bertz CT molecular complexity index is 1040. The minimum absolute atomic E-state index is 0.134. The third-order valence-corrected chi connectivity index (χ3v) is 4.44. The number of rotatable bonds is 6. The van der Waals surface area contributed by atoms with Crippen molar-refractivity contribution in [3.8, 4) is 5.88 Å². The summed E-state index contributed by atoms with van der Waals surface area (Å²) in [6.07, 6.45) is 3.20. The summed E-state index contributed by atoms with van der Waals surface area (Å²) in [5, 5.41) is 3.35. The maximum Gasteiger partial charge on any atom is 0.229 e. The van der Waals surface area contributed by atoms with Crippen LogP contribution in [0.15, 0.2) is 60.9 Å². The van der Waals surface area contributed by atoms with Crippen LogP contribution in [0, 0.1) is 0 Å². The Kier molecular flexibility index (Phi) is 6.41. The second-order valence-corrected chi connectivity index (χ2v) is 6.54. The number of halogens is 1. The summed E-state index contributed by atoms with van der Waals surface area (Å²) >= 11 is 6.12. The van der Waals surface area contributed by atoms with Crippen LogP contribution in [0.5, 0.6) is 5.88 Å². The molecule has 29 heavy (non-hydrogen) atoms. The fourth-order valence-corrected chi connectivity index (χ4v) is 2.97. The van der Waals surface area contributed by atoms with Gasteiger partial charge in [0.1, 0.15) is 5.82 Å². The highest BCUT2D eigenvalue weighted by Crippen LogP contribution is 2.27. The van der Waals surface area contributed by atoms with E-state index < -0.39 is 0 Å². The summed E-state index contributed by atoms with van der Waals surface area (Å²) in [7, 11) is 1.50. The molecule has 2 amide bonds. The minimum atomic E-state index is -0.245. The number of carbonyl (C=O) groups is 2. The molecule has 0 saturated carbocycles. The van der Waals surface area contributed by atoms with Gasteiger partial charge in [-0.2, -0.15) is 0 Å². The number of anilines is 3. The van der Waals surface area contributed by atoms with E-state index in [2.05, 4.69) is 15.3 Å². The van der Waals surface area contributed by atoms with Crippen molar-refractivity contribution in [3.63, 3.8) is 0 Å². The number of amides is 2. The highest BCUT2D eigenvalue weighted by Gasteiger charge is 2.17. The lowest BCUT2D eigenvalue weighted by atomic mass is 10.1. The Hall–Kier alpha value is -3.45. The average molecular weight is 411 g/mol. The number of aromatic nitrogens is 2. The zero-order chi connectivity index (χ0) is 20.8. The van der Waals surface area contributed by atoms with Gasteiger partial charge in [0.05, 0.1) is 19.2 Å². The van der Waals surface area contributed by atoms with Gasteiger partial charge in [-0.25, -0.2) is 9.97 Å². The Morgan fingerprint density at radius 1 is 1.10 bits per heavy atom. The van der Waals surface area contributed by atoms with Gasteiger partial charge in [-0.15, -0.1) is 0 Å². The van der Waals surface area contributed by atoms with E-state index in [0.717, 1.165) is 5.56 Å². The quantitative estimate of drug-likeness (QED) is 0.663. The van der Waals surface area contributed by atoms with Crippen LogP contribution in [0.3, 0.4) is 0 Å². The van der Waals surface area contributed by atoms with Crippen LogP contribution in [-0.2, 0) is 16.0 Å². The third kappa shape index (κ3) is 5.08. The van der Waals surface area contributed by atoms with Gasteiger partial charge in [-0.05, 0) is 23.8 Å². The van der Waals surface area contributed by atoms with Gasteiger partial charge in [-0.1, -0.05) is 29.8 Å². The van der Waals surface area contributed by atoms with Gasteiger partial charge >= 0.3 is 0 Å². The van der Waals surface area contributed by atoms with E-state index in [4.69, 9.17) is 16.3 Å². The van der Waals surface area contributed by atoms with Crippen molar-refractivity contribution < 1.29 is 14.3 Å². The molecular formula is C21H19ClN4O3. The first-order valence-electron chi connectivity index (χ1n) is 8.78. The Morgan fingerprint density at radius 2 is 1.86 bits per heavy atom. The molecule has 8 heteroatoms. The van der Waals surface area contributed by atoms with Crippen LogP contribution in [-0.4, -0.2) is 28.9 Å². The number of carbonyl (C=O) groups excluding carboxylic acids is 2.